The van der Waals surface area contributed by atoms with Gasteiger partial charge in [0, 0.05) is 19.3 Å². The summed E-state index contributed by atoms with van der Waals surface area (Å²) in [5.41, 5.74) is 0. The zero-order chi connectivity index (χ0) is 49.3. The van der Waals surface area contributed by atoms with E-state index in [1.54, 1.807) is 0 Å². The van der Waals surface area contributed by atoms with Crippen LogP contribution in [0.5, 0.6) is 0 Å². The van der Waals surface area contributed by atoms with Crippen LogP contribution in [-0.2, 0) is 28.6 Å². The largest absolute Gasteiger partial charge is 0.462 e. The van der Waals surface area contributed by atoms with E-state index in [4.69, 9.17) is 14.2 Å². The van der Waals surface area contributed by atoms with E-state index in [2.05, 4.69) is 93.7 Å². The molecule has 0 bridgehead atoms. The van der Waals surface area contributed by atoms with Gasteiger partial charge in [-0.05, 0) is 89.9 Å². The first-order valence-corrected chi connectivity index (χ1v) is 28.9. The standard InChI is InChI=1S/C62H108O6/c1-4-7-10-13-16-19-22-25-27-29-31-33-34-37-40-43-46-49-52-55-61(64)67-58-59(57-66-60(63)54-51-48-45-42-39-36-24-21-18-15-12-9-6-3)68-62(65)56-53-50-47-44-41-38-35-32-30-28-26-23-20-17-14-11-8-5-2/h7,10,16,19,25,27,31-33,35,37,40,59H,4-6,8-9,11-15,17-18,20-24,26,28-30,34,36,38-39,41-58H2,1-3H3/b10-7-,19-16-,27-25-,33-31-,35-32-,40-37-. The second kappa shape index (κ2) is 56.4. The van der Waals surface area contributed by atoms with Crippen molar-refractivity contribution in [1.29, 1.82) is 0 Å². The number of hydrogen-bond donors (Lipinski definition) is 0. The molecule has 68 heavy (non-hydrogen) atoms. The molecule has 0 amide bonds. The highest BCUT2D eigenvalue weighted by Gasteiger charge is 2.19. The highest BCUT2D eigenvalue weighted by molar-refractivity contribution is 5.71. The maximum absolute atomic E-state index is 12.9. The SMILES string of the molecule is CC/C=C\C/C=C\C/C=C\C/C=C\C/C=C\CCCCCC(=O)OCC(COC(=O)CCCCCCCCCCCCCCC)OC(=O)CCCCCCC/C=C\CCCCCCCCCCC. The van der Waals surface area contributed by atoms with Gasteiger partial charge in [-0.2, -0.15) is 0 Å². The fraction of sp³-hybridized carbons (Fsp3) is 0.758. The van der Waals surface area contributed by atoms with Gasteiger partial charge in [0.1, 0.15) is 13.2 Å². The molecule has 0 saturated carbocycles. The lowest BCUT2D eigenvalue weighted by Crippen LogP contribution is -2.30. The van der Waals surface area contributed by atoms with Crippen LogP contribution in [0.4, 0.5) is 0 Å². The Kier molecular flexibility index (Phi) is 53.8. The van der Waals surface area contributed by atoms with Crippen LogP contribution in [0.3, 0.4) is 0 Å². The van der Waals surface area contributed by atoms with Gasteiger partial charge in [0.05, 0.1) is 0 Å². The fourth-order valence-electron chi connectivity index (χ4n) is 8.11. The lowest BCUT2D eigenvalue weighted by Gasteiger charge is -2.18. The smallest absolute Gasteiger partial charge is 0.306 e. The molecule has 6 nitrogen and oxygen atoms in total. The molecule has 0 rings (SSSR count). The van der Waals surface area contributed by atoms with Gasteiger partial charge in [-0.25, -0.2) is 0 Å². The summed E-state index contributed by atoms with van der Waals surface area (Å²) in [4.78, 5) is 38.1. The second-order valence-electron chi connectivity index (χ2n) is 19.2. The Hall–Kier alpha value is -3.15. The minimum absolute atomic E-state index is 0.0871. The first-order chi connectivity index (χ1) is 33.5. The molecule has 0 fully saturated rings. The monoisotopic (exact) mass is 949 g/mol. The topological polar surface area (TPSA) is 78.9 Å². The van der Waals surface area contributed by atoms with Crippen molar-refractivity contribution in [3.63, 3.8) is 0 Å². The molecule has 0 aromatic heterocycles. The molecule has 0 spiro atoms. The molecule has 0 aromatic carbocycles. The minimum Gasteiger partial charge on any atom is -0.462 e. The summed E-state index contributed by atoms with van der Waals surface area (Å²) in [6.07, 6.45) is 71.8. The van der Waals surface area contributed by atoms with Crippen LogP contribution < -0.4 is 0 Å². The quantitative estimate of drug-likeness (QED) is 0.0262. The van der Waals surface area contributed by atoms with Crippen LogP contribution in [-0.4, -0.2) is 37.2 Å². The molecule has 6 heteroatoms. The van der Waals surface area contributed by atoms with Gasteiger partial charge in [-0.15, -0.1) is 0 Å². The molecular formula is C62H108O6. The maximum atomic E-state index is 12.9. The maximum Gasteiger partial charge on any atom is 0.306 e. The summed E-state index contributed by atoms with van der Waals surface area (Å²) < 4.78 is 16.8. The lowest BCUT2D eigenvalue weighted by atomic mass is 10.0. The summed E-state index contributed by atoms with van der Waals surface area (Å²) in [6.45, 7) is 6.51. The van der Waals surface area contributed by atoms with E-state index >= 15 is 0 Å². The third-order valence-corrected chi connectivity index (χ3v) is 12.4. The average Bonchev–Trinajstić information content (AvgIpc) is 3.34. The third kappa shape index (κ3) is 53.8. The van der Waals surface area contributed by atoms with Crippen molar-refractivity contribution in [3.05, 3.63) is 72.9 Å². The van der Waals surface area contributed by atoms with Crippen molar-refractivity contribution in [3.8, 4) is 0 Å². The Morgan fingerprint density at radius 2 is 0.574 bits per heavy atom. The first kappa shape index (κ1) is 64.8. The third-order valence-electron chi connectivity index (χ3n) is 12.4. The summed E-state index contributed by atoms with van der Waals surface area (Å²) in [5, 5.41) is 0. The summed E-state index contributed by atoms with van der Waals surface area (Å²) in [5.74, 6) is -0.920. The molecule has 1 unspecified atom stereocenters. The Labute approximate surface area is 421 Å². The van der Waals surface area contributed by atoms with E-state index in [0.29, 0.717) is 19.3 Å². The van der Waals surface area contributed by atoms with Gasteiger partial charge in [-0.1, -0.05) is 248 Å². The van der Waals surface area contributed by atoms with E-state index in [0.717, 1.165) is 109 Å². The number of carbonyl (C=O) groups excluding carboxylic acids is 3. The Morgan fingerprint density at radius 3 is 0.926 bits per heavy atom. The van der Waals surface area contributed by atoms with Gasteiger partial charge < -0.3 is 14.2 Å². The predicted molar refractivity (Wildman–Crippen MR) is 293 cm³/mol. The van der Waals surface area contributed by atoms with E-state index in [1.807, 2.05) is 0 Å². The summed E-state index contributed by atoms with van der Waals surface area (Å²) in [6, 6.07) is 0. The average molecular weight is 950 g/mol. The zero-order valence-corrected chi connectivity index (χ0v) is 44.9. The Bertz CT molecular complexity index is 1270. The molecule has 0 heterocycles. The van der Waals surface area contributed by atoms with Crippen LogP contribution in [0.15, 0.2) is 72.9 Å². The van der Waals surface area contributed by atoms with Crippen LogP contribution in [0.2, 0.25) is 0 Å². The van der Waals surface area contributed by atoms with Crippen molar-refractivity contribution >= 4 is 17.9 Å². The van der Waals surface area contributed by atoms with E-state index < -0.39 is 6.10 Å². The molecule has 1 atom stereocenters. The van der Waals surface area contributed by atoms with Gasteiger partial charge in [0.15, 0.2) is 6.10 Å². The van der Waals surface area contributed by atoms with Crippen molar-refractivity contribution in [1.82, 2.24) is 0 Å². The van der Waals surface area contributed by atoms with Crippen LogP contribution in [0.25, 0.3) is 0 Å². The molecule has 0 aliphatic heterocycles. The molecule has 0 saturated heterocycles. The molecule has 0 N–H and O–H groups in total. The molecule has 0 aromatic rings. The number of allylic oxidation sites excluding steroid dienone is 12. The highest BCUT2D eigenvalue weighted by Crippen LogP contribution is 2.15. The minimum atomic E-state index is -0.792. The van der Waals surface area contributed by atoms with E-state index in [1.165, 1.54) is 135 Å². The normalized spacial score (nSPS) is 12.6. The zero-order valence-electron chi connectivity index (χ0n) is 44.9. The Morgan fingerprint density at radius 1 is 0.309 bits per heavy atom. The molecule has 392 valence electrons. The molecule has 0 radical (unpaired) electrons. The van der Waals surface area contributed by atoms with Crippen LogP contribution >= 0.6 is 0 Å². The number of carbonyl (C=O) groups is 3. The van der Waals surface area contributed by atoms with Crippen molar-refractivity contribution in [2.24, 2.45) is 0 Å². The van der Waals surface area contributed by atoms with Crippen molar-refractivity contribution in [2.75, 3.05) is 13.2 Å². The van der Waals surface area contributed by atoms with E-state index in [9.17, 15) is 14.4 Å². The van der Waals surface area contributed by atoms with Gasteiger partial charge in [0.25, 0.3) is 0 Å². The van der Waals surface area contributed by atoms with Gasteiger partial charge >= 0.3 is 17.9 Å². The van der Waals surface area contributed by atoms with Crippen LogP contribution in [0.1, 0.15) is 284 Å². The molecular weight excluding hydrogens is 841 g/mol. The molecule has 0 aliphatic carbocycles. The van der Waals surface area contributed by atoms with Crippen molar-refractivity contribution in [2.45, 2.75) is 290 Å². The lowest BCUT2D eigenvalue weighted by molar-refractivity contribution is -0.167. The first-order valence-electron chi connectivity index (χ1n) is 28.9. The summed E-state index contributed by atoms with van der Waals surface area (Å²) >= 11 is 0. The number of unbranched alkanes of at least 4 members (excludes halogenated alkanes) is 29. The van der Waals surface area contributed by atoms with Crippen LogP contribution in [0, 0.1) is 0 Å². The van der Waals surface area contributed by atoms with Crippen molar-refractivity contribution < 1.29 is 28.6 Å². The highest BCUT2D eigenvalue weighted by atomic mass is 16.6. The summed E-state index contributed by atoms with van der Waals surface area (Å²) in [7, 11) is 0. The number of rotatable bonds is 52. The predicted octanol–water partition coefficient (Wildman–Crippen LogP) is 19.4. The number of hydrogen-bond acceptors (Lipinski definition) is 6. The fourth-order valence-corrected chi connectivity index (χ4v) is 8.11. The van der Waals surface area contributed by atoms with Gasteiger partial charge in [-0.3, -0.25) is 14.4 Å². The van der Waals surface area contributed by atoms with E-state index in [-0.39, 0.29) is 31.1 Å². The Balaban J connectivity index is 4.43. The number of ether oxygens (including phenoxy) is 3. The second-order valence-corrected chi connectivity index (χ2v) is 19.2. The number of esters is 3. The van der Waals surface area contributed by atoms with Gasteiger partial charge in [0.2, 0.25) is 0 Å². The molecule has 0 aliphatic rings.